The van der Waals surface area contributed by atoms with E-state index >= 15 is 0 Å². The highest BCUT2D eigenvalue weighted by Crippen LogP contribution is 2.24. The third-order valence-corrected chi connectivity index (χ3v) is 8.82. The Kier molecular flexibility index (Phi) is 26.0. The summed E-state index contributed by atoms with van der Waals surface area (Å²) in [5.41, 5.74) is 0. The Hall–Kier alpha value is -0.660. The van der Waals surface area contributed by atoms with Gasteiger partial charge in [-0.25, -0.2) is 0 Å². The topological polar surface area (TPSA) is 6.48 Å². The molecule has 0 N–H and O–H groups in total. The van der Waals surface area contributed by atoms with E-state index in [2.05, 4.69) is 43.0 Å². The van der Waals surface area contributed by atoms with Crippen molar-refractivity contribution in [3.05, 3.63) is 12.4 Å². The Morgan fingerprint density at radius 2 is 0.605 bits per heavy atom. The smallest absolute Gasteiger partial charge is 0.101 e. The maximum absolute atomic E-state index is 2.70. The molecular formula is C36H72N2. The quantitative estimate of drug-likeness (QED) is 0.0848. The van der Waals surface area contributed by atoms with E-state index < -0.39 is 0 Å². The van der Waals surface area contributed by atoms with Crippen LogP contribution in [0.3, 0.4) is 0 Å². The fraction of sp³-hybridized carbons (Fsp3) is 0.944. The molecule has 1 aliphatic rings. The summed E-state index contributed by atoms with van der Waals surface area (Å²) in [4.78, 5) is 5.39. The van der Waals surface area contributed by atoms with Gasteiger partial charge in [-0.3, -0.25) is 0 Å². The minimum Gasteiger partial charge on any atom is -0.356 e. The molecule has 0 saturated heterocycles. The van der Waals surface area contributed by atoms with Crippen LogP contribution in [0.5, 0.6) is 0 Å². The van der Waals surface area contributed by atoms with E-state index in [1.807, 2.05) is 0 Å². The molecule has 1 heterocycles. The van der Waals surface area contributed by atoms with Crippen LogP contribution < -0.4 is 0 Å². The second-order valence-corrected chi connectivity index (χ2v) is 12.5. The van der Waals surface area contributed by atoms with Crippen LogP contribution in [0, 0.1) is 0 Å². The van der Waals surface area contributed by atoms with Gasteiger partial charge in [0.25, 0.3) is 0 Å². The third kappa shape index (κ3) is 20.3. The second kappa shape index (κ2) is 27.9. The zero-order chi connectivity index (χ0) is 27.4. The van der Waals surface area contributed by atoms with E-state index in [9.17, 15) is 0 Å². The summed E-state index contributed by atoms with van der Waals surface area (Å²) in [5, 5.41) is 0. The van der Waals surface area contributed by atoms with Gasteiger partial charge < -0.3 is 9.80 Å². The summed E-state index contributed by atoms with van der Waals surface area (Å²) >= 11 is 0. The van der Waals surface area contributed by atoms with E-state index in [1.54, 1.807) is 0 Å². The molecule has 0 aromatic carbocycles. The summed E-state index contributed by atoms with van der Waals surface area (Å²) in [6.07, 6.45) is 45.5. The Bertz CT molecular complexity index is 488. The van der Waals surface area contributed by atoms with Crippen molar-refractivity contribution >= 4 is 0 Å². The molecule has 0 radical (unpaired) electrons. The zero-order valence-corrected chi connectivity index (χ0v) is 26.8. The van der Waals surface area contributed by atoms with Crippen molar-refractivity contribution < 1.29 is 0 Å². The largest absolute Gasteiger partial charge is 0.356 e. The molecule has 1 aliphatic heterocycles. The van der Waals surface area contributed by atoms with Crippen LogP contribution in [-0.4, -0.2) is 29.1 Å². The first-order chi connectivity index (χ1) is 18.8. The lowest BCUT2D eigenvalue weighted by molar-refractivity contribution is 0.135. The molecule has 2 nitrogen and oxygen atoms in total. The molecule has 0 fully saturated rings. The molecule has 0 bridgehead atoms. The van der Waals surface area contributed by atoms with Crippen molar-refractivity contribution in [3.63, 3.8) is 0 Å². The van der Waals surface area contributed by atoms with Gasteiger partial charge >= 0.3 is 0 Å². The summed E-state index contributed by atoms with van der Waals surface area (Å²) in [6.45, 7) is 9.47. The molecule has 0 aromatic rings. The van der Waals surface area contributed by atoms with Gasteiger partial charge in [-0.05, 0) is 25.7 Å². The van der Waals surface area contributed by atoms with E-state index in [1.165, 1.54) is 193 Å². The molecule has 1 rings (SSSR count). The molecule has 2 heteroatoms. The maximum atomic E-state index is 2.70. The van der Waals surface area contributed by atoms with Gasteiger partial charge in [0, 0.05) is 25.5 Å². The lowest BCUT2D eigenvalue weighted by atomic mass is 10.0. The van der Waals surface area contributed by atoms with E-state index in [0.717, 1.165) is 0 Å². The van der Waals surface area contributed by atoms with Gasteiger partial charge in [-0.2, -0.15) is 0 Å². The van der Waals surface area contributed by atoms with E-state index in [-0.39, 0.29) is 0 Å². The average molecular weight is 533 g/mol. The van der Waals surface area contributed by atoms with Gasteiger partial charge in [0.1, 0.15) is 6.17 Å². The summed E-state index contributed by atoms with van der Waals surface area (Å²) < 4.78 is 0. The first-order valence-corrected chi connectivity index (χ1v) is 18.0. The van der Waals surface area contributed by atoms with Crippen LogP contribution in [0.4, 0.5) is 0 Å². The molecular weight excluding hydrogens is 460 g/mol. The molecule has 38 heavy (non-hydrogen) atoms. The monoisotopic (exact) mass is 533 g/mol. The highest BCUT2D eigenvalue weighted by atomic mass is 15.4. The molecule has 1 unspecified atom stereocenters. The van der Waals surface area contributed by atoms with Crippen molar-refractivity contribution in [1.82, 2.24) is 9.80 Å². The molecule has 0 aliphatic carbocycles. The lowest BCUT2D eigenvalue weighted by Gasteiger charge is -2.33. The first-order valence-electron chi connectivity index (χ1n) is 18.0. The van der Waals surface area contributed by atoms with E-state index in [4.69, 9.17) is 0 Å². The van der Waals surface area contributed by atoms with Crippen LogP contribution in [0.1, 0.15) is 201 Å². The van der Waals surface area contributed by atoms with Gasteiger partial charge in [-0.15, -0.1) is 0 Å². The number of hydrogen-bond donors (Lipinski definition) is 0. The Balaban J connectivity index is 2.12. The number of hydrogen-bond acceptors (Lipinski definition) is 2. The molecule has 226 valence electrons. The number of nitrogens with zero attached hydrogens (tertiary/aromatic N) is 2. The predicted octanol–water partition coefficient (Wildman–Crippen LogP) is 12.4. The molecule has 1 atom stereocenters. The first kappa shape index (κ1) is 35.4. The van der Waals surface area contributed by atoms with Crippen molar-refractivity contribution in [2.75, 3.05) is 13.1 Å². The standard InChI is InChI=1S/C36H72N2/c1-4-7-10-13-15-16-17-18-19-20-21-22-24-27-30-33-38-35-34-37(32-29-26-12-9-6-3)36(38)31-28-25-23-14-11-8-5-2/h34-36H,4-33H2,1-3H3. The summed E-state index contributed by atoms with van der Waals surface area (Å²) in [7, 11) is 0. The Morgan fingerprint density at radius 1 is 0.342 bits per heavy atom. The molecule has 0 amide bonds. The van der Waals surface area contributed by atoms with Gasteiger partial charge in [-0.1, -0.05) is 175 Å². The zero-order valence-electron chi connectivity index (χ0n) is 26.8. The number of unbranched alkanes of at least 4 members (excludes halogenated alkanes) is 24. The molecule has 0 spiro atoms. The predicted molar refractivity (Wildman–Crippen MR) is 173 cm³/mol. The molecule has 0 aromatic heterocycles. The SMILES string of the molecule is CCCCCCCCCCCCCCCCCN1C=CN(CCCCCCC)C1CCCCCCCCC. The van der Waals surface area contributed by atoms with Crippen molar-refractivity contribution in [1.29, 1.82) is 0 Å². The third-order valence-electron chi connectivity index (χ3n) is 8.82. The normalized spacial score (nSPS) is 15.3. The fourth-order valence-electron chi connectivity index (χ4n) is 6.19. The highest BCUT2D eigenvalue weighted by Gasteiger charge is 2.24. The van der Waals surface area contributed by atoms with Crippen LogP contribution >= 0.6 is 0 Å². The average Bonchev–Trinajstić information content (AvgIpc) is 3.31. The minimum atomic E-state index is 0.642. The summed E-state index contributed by atoms with van der Waals surface area (Å²) in [5.74, 6) is 0. The molecule has 0 saturated carbocycles. The van der Waals surface area contributed by atoms with Crippen LogP contribution in [0.2, 0.25) is 0 Å². The fourth-order valence-corrected chi connectivity index (χ4v) is 6.19. The summed E-state index contributed by atoms with van der Waals surface area (Å²) in [6, 6.07) is 0. The van der Waals surface area contributed by atoms with E-state index in [0.29, 0.717) is 6.17 Å². The Morgan fingerprint density at radius 3 is 0.921 bits per heavy atom. The van der Waals surface area contributed by atoms with Crippen LogP contribution in [0.25, 0.3) is 0 Å². The van der Waals surface area contributed by atoms with Gasteiger partial charge in [0.2, 0.25) is 0 Å². The lowest BCUT2D eigenvalue weighted by Crippen LogP contribution is -2.39. The maximum Gasteiger partial charge on any atom is 0.101 e. The minimum absolute atomic E-state index is 0.642. The highest BCUT2D eigenvalue weighted by molar-refractivity contribution is 4.97. The van der Waals surface area contributed by atoms with Crippen molar-refractivity contribution in [2.45, 2.75) is 207 Å². The number of rotatable bonds is 30. The van der Waals surface area contributed by atoms with Crippen LogP contribution in [0.15, 0.2) is 12.4 Å². The Labute approximate surface area is 241 Å². The van der Waals surface area contributed by atoms with Crippen molar-refractivity contribution in [3.8, 4) is 0 Å². The van der Waals surface area contributed by atoms with Crippen molar-refractivity contribution in [2.24, 2.45) is 0 Å². The van der Waals surface area contributed by atoms with Gasteiger partial charge in [0.05, 0.1) is 0 Å². The second-order valence-electron chi connectivity index (χ2n) is 12.5. The van der Waals surface area contributed by atoms with Gasteiger partial charge in [0.15, 0.2) is 0 Å². The van der Waals surface area contributed by atoms with Crippen LogP contribution in [-0.2, 0) is 0 Å².